The Balaban J connectivity index is 1.66. The average Bonchev–Trinajstić information content (AvgIpc) is 3.13. The van der Waals surface area contributed by atoms with Crippen LogP contribution in [0, 0.1) is 6.92 Å². The van der Waals surface area contributed by atoms with Crippen molar-refractivity contribution in [1.29, 1.82) is 0 Å². The number of nitrogens with zero attached hydrogens (tertiary/aromatic N) is 1. The molecule has 0 aliphatic carbocycles. The average molecular weight is 485 g/mol. The predicted octanol–water partition coefficient (Wildman–Crippen LogP) is 2.33. The summed E-state index contributed by atoms with van der Waals surface area (Å²) in [7, 11) is 4.09. The van der Waals surface area contributed by atoms with E-state index in [1.165, 1.54) is 4.90 Å². The number of likely N-dealkylation sites (tertiary alicyclic amines) is 1. The van der Waals surface area contributed by atoms with E-state index in [2.05, 4.69) is 0 Å². The van der Waals surface area contributed by atoms with Crippen molar-refractivity contribution < 1.29 is 24.3 Å². The molecule has 1 N–H and O–H groups in total. The Morgan fingerprint density at radius 2 is 1.64 bits per heavy atom. The third kappa shape index (κ3) is 5.50. The van der Waals surface area contributed by atoms with Crippen LogP contribution < -0.4 is 14.7 Å². The van der Waals surface area contributed by atoms with Gasteiger partial charge in [-0.2, -0.15) is 0 Å². The minimum absolute atomic E-state index is 0.0146. The zero-order valence-corrected chi connectivity index (χ0v) is 21.0. The van der Waals surface area contributed by atoms with Gasteiger partial charge in [-0.05, 0) is 41.3 Å². The monoisotopic (exact) mass is 484 g/mol. The van der Waals surface area contributed by atoms with Crippen LogP contribution in [-0.4, -0.2) is 43.8 Å². The summed E-state index contributed by atoms with van der Waals surface area (Å²) in [6.45, 7) is 3.55. The minimum atomic E-state index is -0.715. The van der Waals surface area contributed by atoms with E-state index < -0.39 is 23.5 Å². The lowest BCUT2D eigenvalue weighted by molar-refractivity contribution is -0.858. The van der Waals surface area contributed by atoms with E-state index in [0.29, 0.717) is 24.5 Å². The number of aryl methyl sites for hydroxylation is 1. The summed E-state index contributed by atoms with van der Waals surface area (Å²) in [6, 6.07) is 23.6. The molecule has 186 valence electrons. The minimum Gasteiger partial charge on any atom is -0.872 e. The molecule has 0 spiro atoms. The van der Waals surface area contributed by atoms with Crippen LogP contribution in [0.5, 0.6) is 5.75 Å². The molecule has 1 atom stereocenters. The number of amides is 1. The molecular formula is C30H32N2O4. The summed E-state index contributed by atoms with van der Waals surface area (Å²) in [5.41, 5.74) is 2.98. The highest BCUT2D eigenvalue weighted by atomic mass is 16.5. The van der Waals surface area contributed by atoms with Crippen LogP contribution in [0.25, 0.3) is 5.76 Å². The van der Waals surface area contributed by atoms with E-state index in [4.69, 9.17) is 4.74 Å². The molecule has 0 aromatic heterocycles. The second-order valence-electron chi connectivity index (χ2n) is 9.45. The number of carbonyl (C=O) groups excluding carboxylic acids is 2. The van der Waals surface area contributed by atoms with Gasteiger partial charge < -0.3 is 19.6 Å². The van der Waals surface area contributed by atoms with Gasteiger partial charge in [-0.25, -0.2) is 0 Å². The third-order valence-corrected chi connectivity index (χ3v) is 6.39. The van der Waals surface area contributed by atoms with Crippen molar-refractivity contribution in [2.45, 2.75) is 26.0 Å². The molecule has 36 heavy (non-hydrogen) atoms. The predicted molar refractivity (Wildman–Crippen MR) is 137 cm³/mol. The van der Waals surface area contributed by atoms with Crippen LogP contribution in [0.4, 0.5) is 0 Å². The largest absolute Gasteiger partial charge is 0.872 e. The first-order valence-electron chi connectivity index (χ1n) is 12.2. The van der Waals surface area contributed by atoms with Crippen molar-refractivity contribution in [3.05, 3.63) is 107 Å². The molecule has 6 nitrogen and oxygen atoms in total. The first kappa shape index (κ1) is 25.2. The van der Waals surface area contributed by atoms with Gasteiger partial charge in [0.1, 0.15) is 12.4 Å². The first-order valence-corrected chi connectivity index (χ1v) is 12.2. The van der Waals surface area contributed by atoms with Gasteiger partial charge in [0.05, 0.1) is 26.7 Å². The topological polar surface area (TPSA) is 74.1 Å². The summed E-state index contributed by atoms with van der Waals surface area (Å²) in [6.07, 6.45) is 0.735. The molecule has 1 aliphatic heterocycles. The molecule has 0 radical (unpaired) electrons. The lowest BCUT2D eigenvalue weighted by atomic mass is 9.95. The van der Waals surface area contributed by atoms with E-state index in [-0.39, 0.29) is 5.57 Å². The fraction of sp³-hybridized carbons (Fsp3) is 0.267. The number of rotatable bonds is 9. The van der Waals surface area contributed by atoms with Crippen molar-refractivity contribution in [2.24, 2.45) is 0 Å². The fourth-order valence-electron chi connectivity index (χ4n) is 4.53. The molecular weight excluding hydrogens is 452 g/mol. The number of nitrogens with one attached hydrogen (secondary N) is 1. The maximum Gasteiger partial charge on any atom is 0.295 e. The molecule has 0 bridgehead atoms. The number of benzene rings is 3. The van der Waals surface area contributed by atoms with Gasteiger partial charge in [0.25, 0.3) is 5.91 Å². The smallest absolute Gasteiger partial charge is 0.295 e. The second kappa shape index (κ2) is 11.2. The van der Waals surface area contributed by atoms with Gasteiger partial charge in [0, 0.05) is 18.5 Å². The summed E-state index contributed by atoms with van der Waals surface area (Å²) < 4.78 is 5.94. The Labute approximate surface area is 212 Å². The van der Waals surface area contributed by atoms with Crippen molar-refractivity contribution in [3.63, 3.8) is 0 Å². The van der Waals surface area contributed by atoms with Gasteiger partial charge in [-0.15, -0.1) is 0 Å². The number of ketones is 1. The van der Waals surface area contributed by atoms with Crippen LogP contribution in [0.2, 0.25) is 0 Å². The van der Waals surface area contributed by atoms with Crippen molar-refractivity contribution in [3.8, 4) is 5.75 Å². The van der Waals surface area contributed by atoms with Crippen LogP contribution in [0.3, 0.4) is 0 Å². The van der Waals surface area contributed by atoms with E-state index in [0.717, 1.165) is 29.7 Å². The first-order chi connectivity index (χ1) is 17.4. The maximum atomic E-state index is 13.7. The van der Waals surface area contributed by atoms with Gasteiger partial charge >= 0.3 is 0 Å². The Morgan fingerprint density at radius 1 is 0.972 bits per heavy atom. The molecule has 3 aromatic rings. The highest BCUT2D eigenvalue weighted by Crippen LogP contribution is 2.39. The lowest BCUT2D eigenvalue weighted by Crippen LogP contribution is -3.05. The molecule has 6 heteroatoms. The number of hydrogen-bond acceptors (Lipinski definition) is 4. The van der Waals surface area contributed by atoms with Crippen LogP contribution in [-0.2, 0) is 16.2 Å². The Kier molecular flexibility index (Phi) is 7.86. The lowest BCUT2D eigenvalue weighted by Gasteiger charge is -2.27. The van der Waals surface area contributed by atoms with Crippen LogP contribution in [0.15, 0.2) is 84.4 Å². The zero-order valence-electron chi connectivity index (χ0n) is 21.0. The molecule has 4 rings (SSSR count). The zero-order chi connectivity index (χ0) is 25.7. The van der Waals surface area contributed by atoms with Gasteiger partial charge in [-0.3, -0.25) is 9.59 Å². The maximum absolute atomic E-state index is 13.7. The van der Waals surface area contributed by atoms with Gasteiger partial charge in [-0.1, -0.05) is 72.5 Å². The molecule has 1 fully saturated rings. The van der Waals surface area contributed by atoms with E-state index in [1.807, 2.05) is 81.7 Å². The Bertz CT molecular complexity index is 1250. The van der Waals surface area contributed by atoms with Crippen LogP contribution in [0.1, 0.15) is 34.7 Å². The summed E-state index contributed by atoms with van der Waals surface area (Å²) in [4.78, 5) is 29.0. The fourth-order valence-corrected chi connectivity index (χ4v) is 4.53. The molecule has 1 unspecified atom stereocenters. The molecule has 1 saturated heterocycles. The van der Waals surface area contributed by atoms with Crippen LogP contribution >= 0.6 is 0 Å². The van der Waals surface area contributed by atoms with Gasteiger partial charge in [0.2, 0.25) is 5.78 Å². The van der Waals surface area contributed by atoms with E-state index in [9.17, 15) is 14.7 Å². The Hall–Kier alpha value is -3.90. The highest BCUT2D eigenvalue weighted by Gasteiger charge is 2.43. The van der Waals surface area contributed by atoms with E-state index >= 15 is 0 Å². The molecule has 3 aromatic carbocycles. The third-order valence-electron chi connectivity index (χ3n) is 6.39. The number of quaternary nitrogens is 1. The van der Waals surface area contributed by atoms with E-state index in [1.54, 1.807) is 23.1 Å². The highest BCUT2D eigenvalue weighted by molar-refractivity contribution is 6.46. The quantitative estimate of drug-likeness (QED) is 0.287. The second-order valence-corrected chi connectivity index (χ2v) is 9.45. The summed E-state index contributed by atoms with van der Waals surface area (Å²) in [5.74, 6) is -1.07. The number of hydrogen-bond donors (Lipinski definition) is 1. The van der Waals surface area contributed by atoms with Gasteiger partial charge in [0.15, 0.2) is 0 Å². The molecule has 1 heterocycles. The normalized spacial score (nSPS) is 17.1. The SMILES string of the molecule is Cc1cc(C([O-])=C2C(=O)C(=O)N(CCC[NH+](C)C)C2c2ccccc2)ccc1OCc1ccccc1. The summed E-state index contributed by atoms with van der Waals surface area (Å²) >= 11 is 0. The van der Waals surface area contributed by atoms with Crippen molar-refractivity contribution in [2.75, 3.05) is 27.2 Å². The Morgan fingerprint density at radius 3 is 2.28 bits per heavy atom. The standard InChI is InChI=1S/C30H32N2O4/c1-21-19-24(15-16-25(21)36-20-22-11-6-4-7-12-22)28(33)26-27(23-13-8-5-9-14-23)32(30(35)29(26)34)18-10-17-31(2)3/h4-9,11-16,19,27,33H,10,17-18,20H2,1-3H3. The van der Waals surface area contributed by atoms with Crippen molar-refractivity contribution in [1.82, 2.24) is 4.90 Å². The summed E-state index contributed by atoms with van der Waals surface area (Å²) in [5, 5.41) is 13.7. The molecule has 0 saturated carbocycles. The molecule has 1 aliphatic rings. The number of ether oxygens (including phenoxy) is 1. The number of carbonyl (C=O) groups is 2. The van der Waals surface area contributed by atoms with Crippen molar-refractivity contribution >= 4 is 17.4 Å². The molecule has 1 amide bonds. The number of Topliss-reactive ketones (excluding diaryl/α,β-unsaturated/α-hetero) is 1.